The lowest BCUT2D eigenvalue weighted by Gasteiger charge is -2.29. The quantitative estimate of drug-likeness (QED) is 0.749. The van der Waals surface area contributed by atoms with E-state index in [0.29, 0.717) is 0 Å². The average Bonchev–Trinajstić information content (AvgIpc) is 2.99. The summed E-state index contributed by atoms with van der Waals surface area (Å²) in [4.78, 5) is 0. The van der Waals surface area contributed by atoms with E-state index in [2.05, 4.69) is 39.8 Å². The zero-order valence-electron chi connectivity index (χ0n) is 11.7. The van der Waals surface area contributed by atoms with Gasteiger partial charge in [-0.2, -0.15) is 0 Å². The highest BCUT2D eigenvalue weighted by molar-refractivity contribution is 5.19. The molecule has 2 heterocycles. The van der Waals surface area contributed by atoms with Crippen LogP contribution >= 0.6 is 0 Å². The maximum Gasteiger partial charge on any atom is 0.109 e. The normalized spacial score (nSPS) is 12.9. The van der Waals surface area contributed by atoms with E-state index in [0.717, 1.165) is 18.6 Å². The molecule has 2 heteroatoms. The van der Waals surface area contributed by atoms with Crippen molar-refractivity contribution in [2.24, 2.45) is 0 Å². The van der Waals surface area contributed by atoms with Crippen molar-refractivity contribution >= 4 is 0 Å². The number of furan rings is 2. The summed E-state index contributed by atoms with van der Waals surface area (Å²) in [6.45, 7) is 8.99. The fourth-order valence-corrected chi connectivity index (χ4v) is 2.21. The maximum absolute atomic E-state index is 5.54. The predicted molar refractivity (Wildman–Crippen MR) is 72.7 cm³/mol. The largest absolute Gasteiger partial charge is 0.472 e. The molecule has 0 spiro atoms. The van der Waals surface area contributed by atoms with Crippen molar-refractivity contribution in [3.05, 3.63) is 48.3 Å². The highest BCUT2D eigenvalue weighted by atomic mass is 16.3. The van der Waals surface area contributed by atoms with Gasteiger partial charge < -0.3 is 8.83 Å². The Hall–Kier alpha value is -1.44. The third-order valence-electron chi connectivity index (χ3n) is 3.87. The van der Waals surface area contributed by atoms with Crippen LogP contribution in [-0.4, -0.2) is 0 Å². The minimum atomic E-state index is 0.0739. The van der Waals surface area contributed by atoms with Crippen molar-refractivity contribution in [2.75, 3.05) is 0 Å². The Balaban J connectivity index is 2.03. The van der Waals surface area contributed by atoms with Crippen LogP contribution in [0.4, 0.5) is 0 Å². The van der Waals surface area contributed by atoms with Crippen molar-refractivity contribution in [3.63, 3.8) is 0 Å². The minimum Gasteiger partial charge on any atom is -0.472 e. The molecule has 0 aromatic carbocycles. The van der Waals surface area contributed by atoms with Crippen LogP contribution in [0.1, 0.15) is 51.9 Å². The number of hydrogen-bond donors (Lipinski definition) is 0. The summed E-state index contributed by atoms with van der Waals surface area (Å²) in [5, 5.41) is 0. The standard InChI is InChI=1S/C16H22O2/c1-15(2,13-7-11-17-12-13)8-9-16(3,4)14-6-5-10-18-14/h5-7,10-12H,8-9H2,1-4H3. The molecule has 0 unspecified atom stereocenters. The van der Waals surface area contributed by atoms with E-state index < -0.39 is 0 Å². The molecule has 0 saturated carbocycles. The van der Waals surface area contributed by atoms with E-state index in [-0.39, 0.29) is 10.8 Å². The van der Waals surface area contributed by atoms with Gasteiger partial charge in [-0.05, 0) is 42.0 Å². The van der Waals surface area contributed by atoms with Crippen LogP contribution in [0.15, 0.2) is 45.8 Å². The van der Waals surface area contributed by atoms with Gasteiger partial charge in [0.15, 0.2) is 0 Å². The molecule has 0 saturated heterocycles. The first-order valence-electron chi connectivity index (χ1n) is 6.48. The Morgan fingerprint density at radius 3 is 2.22 bits per heavy atom. The molecule has 0 radical (unpaired) electrons. The fraction of sp³-hybridized carbons (Fsp3) is 0.500. The van der Waals surface area contributed by atoms with Gasteiger partial charge in [-0.15, -0.1) is 0 Å². The lowest BCUT2D eigenvalue weighted by atomic mass is 9.75. The van der Waals surface area contributed by atoms with Gasteiger partial charge in [0, 0.05) is 5.41 Å². The third kappa shape index (κ3) is 2.69. The van der Waals surface area contributed by atoms with E-state index in [9.17, 15) is 0 Å². The van der Waals surface area contributed by atoms with Crippen LogP contribution < -0.4 is 0 Å². The minimum absolute atomic E-state index is 0.0739. The first-order chi connectivity index (χ1) is 8.42. The molecule has 2 aromatic rings. The van der Waals surface area contributed by atoms with E-state index in [1.54, 1.807) is 12.5 Å². The molecule has 0 aliphatic rings. The zero-order valence-corrected chi connectivity index (χ0v) is 11.7. The lowest BCUT2D eigenvalue weighted by Crippen LogP contribution is -2.23. The van der Waals surface area contributed by atoms with E-state index in [4.69, 9.17) is 8.83 Å². The Labute approximate surface area is 109 Å². The van der Waals surface area contributed by atoms with Crippen LogP contribution in [0.5, 0.6) is 0 Å². The molecule has 2 nitrogen and oxygen atoms in total. The summed E-state index contributed by atoms with van der Waals surface area (Å²) in [7, 11) is 0. The first-order valence-corrected chi connectivity index (χ1v) is 6.48. The predicted octanol–water partition coefficient (Wildman–Crippen LogP) is 4.91. The second-order valence-electron chi connectivity index (χ2n) is 6.26. The second kappa shape index (κ2) is 4.68. The van der Waals surface area contributed by atoms with E-state index >= 15 is 0 Å². The summed E-state index contributed by atoms with van der Waals surface area (Å²) in [5.74, 6) is 1.06. The highest BCUT2D eigenvalue weighted by Gasteiger charge is 2.29. The van der Waals surface area contributed by atoms with Gasteiger partial charge in [0.2, 0.25) is 0 Å². The van der Waals surface area contributed by atoms with Crippen molar-refractivity contribution in [3.8, 4) is 0 Å². The zero-order chi connectivity index (χ0) is 13.2. The lowest BCUT2D eigenvalue weighted by molar-refractivity contribution is 0.321. The molecule has 18 heavy (non-hydrogen) atoms. The summed E-state index contributed by atoms with van der Waals surface area (Å²) >= 11 is 0. The van der Waals surface area contributed by atoms with Gasteiger partial charge in [-0.3, -0.25) is 0 Å². The van der Waals surface area contributed by atoms with Crippen LogP contribution in [0.2, 0.25) is 0 Å². The summed E-state index contributed by atoms with van der Waals surface area (Å²) in [6.07, 6.45) is 7.52. The van der Waals surface area contributed by atoms with Gasteiger partial charge in [-0.1, -0.05) is 27.7 Å². The SMILES string of the molecule is CC(C)(CCC(C)(C)c1ccco1)c1ccoc1. The molecule has 0 bridgehead atoms. The Morgan fingerprint density at radius 2 is 1.67 bits per heavy atom. The Morgan fingerprint density at radius 1 is 0.944 bits per heavy atom. The molecular formula is C16H22O2. The Bertz CT molecular complexity index is 415. The van der Waals surface area contributed by atoms with E-state index in [1.807, 2.05) is 12.3 Å². The molecule has 0 aliphatic carbocycles. The smallest absolute Gasteiger partial charge is 0.109 e. The molecular weight excluding hydrogens is 224 g/mol. The van der Waals surface area contributed by atoms with Crippen molar-refractivity contribution < 1.29 is 8.83 Å². The molecule has 0 aliphatic heterocycles. The average molecular weight is 246 g/mol. The fourth-order valence-electron chi connectivity index (χ4n) is 2.21. The van der Waals surface area contributed by atoms with Crippen molar-refractivity contribution in [1.29, 1.82) is 0 Å². The summed E-state index contributed by atoms with van der Waals surface area (Å²) in [6, 6.07) is 6.07. The van der Waals surface area contributed by atoms with Gasteiger partial charge in [-0.25, -0.2) is 0 Å². The molecule has 0 atom stereocenters. The van der Waals surface area contributed by atoms with Gasteiger partial charge in [0.1, 0.15) is 5.76 Å². The van der Waals surface area contributed by atoms with Gasteiger partial charge >= 0.3 is 0 Å². The van der Waals surface area contributed by atoms with Crippen LogP contribution in [0, 0.1) is 0 Å². The first kappa shape index (κ1) is 13.0. The topological polar surface area (TPSA) is 26.3 Å². The third-order valence-corrected chi connectivity index (χ3v) is 3.87. The summed E-state index contributed by atoms with van der Waals surface area (Å²) in [5.41, 5.74) is 1.47. The molecule has 0 N–H and O–H groups in total. The molecule has 0 amide bonds. The molecule has 98 valence electrons. The molecule has 2 rings (SSSR count). The number of hydrogen-bond acceptors (Lipinski definition) is 2. The van der Waals surface area contributed by atoms with Gasteiger partial charge in [0.25, 0.3) is 0 Å². The number of rotatable bonds is 5. The highest BCUT2D eigenvalue weighted by Crippen LogP contribution is 2.36. The van der Waals surface area contributed by atoms with E-state index in [1.165, 1.54) is 5.56 Å². The summed E-state index contributed by atoms with van der Waals surface area (Å²) < 4.78 is 10.7. The monoisotopic (exact) mass is 246 g/mol. The van der Waals surface area contributed by atoms with Crippen LogP contribution in [-0.2, 0) is 10.8 Å². The second-order valence-corrected chi connectivity index (χ2v) is 6.26. The maximum atomic E-state index is 5.54. The molecule has 2 aromatic heterocycles. The van der Waals surface area contributed by atoms with Crippen molar-refractivity contribution in [2.45, 2.75) is 51.4 Å². The van der Waals surface area contributed by atoms with Crippen LogP contribution in [0.3, 0.4) is 0 Å². The molecule has 0 fully saturated rings. The van der Waals surface area contributed by atoms with Crippen LogP contribution in [0.25, 0.3) is 0 Å². The Kier molecular flexibility index (Phi) is 3.38. The van der Waals surface area contributed by atoms with Gasteiger partial charge in [0.05, 0.1) is 18.8 Å². The van der Waals surface area contributed by atoms with Crippen molar-refractivity contribution in [1.82, 2.24) is 0 Å².